The molecule has 0 atom stereocenters. The van der Waals surface area contributed by atoms with Crippen molar-refractivity contribution in [1.29, 1.82) is 5.26 Å². The number of hydrogen-bond acceptors (Lipinski definition) is 9. The Morgan fingerprint density at radius 3 is 2.32 bits per heavy atom. The Morgan fingerprint density at radius 1 is 1.00 bits per heavy atom. The van der Waals surface area contributed by atoms with Crippen molar-refractivity contribution in [1.82, 2.24) is 35.2 Å². The van der Waals surface area contributed by atoms with E-state index in [9.17, 15) is 10.1 Å². The fourth-order valence-corrected chi connectivity index (χ4v) is 6.13. The molecule has 230 valence electrons. The molecule has 0 unspecified atom stereocenters. The van der Waals surface area contributed by atoms with Gasteiger partial charge in [-0.1, -0.05) is 6.92 Å². The first-order chi connectivity index (χ1) is 20.9. The number of anilines is 2. The lowest BCUT2D eigenvalue weighted by Crippen LogP contribution is -2.50. The molecule has 0 saturated carbocycles. The molecule has 4 aromatic heterocycles. The van der Waals surface area contributed by atoms with Gasteiger partial charge in [0.05, 0.1) is 22.7 Å². The minimum Gasteiger partial charge on any atom is -0.357 e. The zero-order chi connectivity index (χ0) is 30.0. The van der Waals surface area contributed by atoms with E-state index in [4.69, 9.17) is 4.98 Å². The Kier molecular flexibility index (Phi) is 9.32. The number of aromatic nitrogens is 5. The van der Waals surface area contributed by atoms with Crippen molar-refractivity contribution in [2.75, 3.05) is 49.1 Å². The number of carbonyl (C=O) groups is 1. The number of fused-ring (bicyclic) bond motifs is 1. The van der Waals surface area contributed by atoms with Gasteiger partial charge in [0.1, 0.15) is 11.9 Å². The number of halogens is 1. The van der Waals surface area contributed by atoms with E-state index in [1.165, 1.54) is 0 Å². The smallest absolute Gasteiger partial charge is 0.226 e. The number of nitriles is 1. The number of rotatable bonds is 7. The van der Waals surface area contributed by atoms with Crippen LogP contribution in [0.3, 0.4) is 0 Å². The van der Waals surface area contributed by atoms with Crippen molar-refractivity contribution >= 4 is 35.6 Å². The van der Waals surface area contributed by atoms with Gasteiger partial charge in [0.15, 0.2) is 0 Å². The molecule has 0 radical (unpaired) electrons. The monoisotopic (exact) mass is 614 g/mol. The van der Waals surface area contributed by atoms with Gasteiger partial charge < -0.3 is 20.4 Å². The Morgan fingerprint density at radius 2 is 1.70 bits per heavy atom. The number of carbonyl (C=O) groups excluding carboxylic acids is 1. The molecule has 4 aromatic rings. The van der Waals surface area contributed by atoms with Crippen LogP contribution in [0.15, 0.2) is 49.2 Å². The van der Waals surface area contributed by atoms with Crippen LogP contribution in [0.25, 0.3) is 27.8 Å². The van der Waals surface area contributed by atoms with E-state index < -0.39 is 0 Å². The summed E-state index contributed by atoms with van der Waals surface area (Å²) < 4.78 is 1.75. The van der Waals surface area contributed by atoms with Gasteiger partial charge in [-0.3, -0.25) is 4.79 Å². The third-order valence-electron chi connectivity index (χ3n) is 8.79. The molecule has 11 nitrogen and oxygen atoms in total. The summed E-state index contributed by atoms with van der Waals surface area (Å²) in [6.45, 7) is 11.3. The number of piperazine rings is 1. The highest BCUT2D eigenvalue weighted by Crippen LogP contribution is 2.37. The molecule has 0 aromatic carbocycles. The summed E-state index contributed by atoms with van der Waals surface area (Å²) >= 11 is 0. The number of nitrogens with one attached hydrogen (secondary N) is 2. The van der Waals surface area contributed by atoms with Gasteiger partial charge >= 0.3 is 0 Å². The van der Waals surface area contributed by atoms with Crippen molar-refractivity contribution in [2.24, 2.45) is 5.41 Å². The third-order valence-corrected chi connectivity index (χ3v) is 8.79. The maximum absolute atomic E-state index is 13.0. The molecule has 0 bridgehead atoms. The summed E-state index contributed by atoms with van der Waals surface area (Å²) in [5, 5.41) is 20.8. The van der Waals surface area contributed by atoms with Crippen molar-refractivity contribution in [3.05, 3.63) is 54.7 Å². The van der Waals surface area contributed by atoms with Gasteiger partial charge in [0.25, 0.3) is 0 Å². The van der Waals surface area contributed by atoms with Gasteiger partial charge in [-0.2, -0.15) is 10.4 Å². The van der Waals surface area contributed by atoms with E-state index in [1.807, 2.05) is 50.8 Å². The van der Waals surface area contributed by atoms with Gasteiger partial charge in [-0.15, -0.1) is 12.4 Å². The van der Waals surface area contributed by atoms with Crippen LogP contribution in [0, 0.1) is 16.7 Å². The summed E-state index contributed by atoms with van der Waals surface area (Å²) in [5.74, 6) is 1.78. The van der Waals surface area contributed by atoms with E-state index >= 15 is 0 Å². The Bertz CT molecular complexity index is 1630. The summed E-state index contributed by atoms with van der Waals surface area (Å²) in [6, 6.07) is 8.55. The van der Waals surface area contributed by atoms with Crippen LogP contribution < -0.4 is 20.4 Å². The molecule has 2 saturated heterocycles. The first kappa shape index (κ1) is 31.2. The standard InChI is InChI=1S/C32H38N10O.ClH/c1-4-32(30(43)39-22(2)3)7-11-40(12-8-32)28-6-5-23(17-35-28)27-15-24(21-42-29(27)25(16-33)20-38-42)26-18-36-31(37-19-26)41-13-9-34-10-14-41;/h5-6,15,17-22,34H,4,7-14H2,1-3H3,(H,39,43);1H. The highest BCUT2D eigenvalue weighted by Gasteiger charge is 2.40. The first-order valence-corrected chi connectivity index (χ1v) is 15.1. The maximum atomic E-state index is 13.0. The van der Waals surface area contributed by atoms with E-state index in [1.54, 1.807) is 10.7 Å². The second-order valence-electron chi connectivity index (χ2n) is 11.8. The van der Waals surface area contributed by atoms with E-state index in [2.05, 4.69) is 54.6 Å². The molecule has 0 aliphatic carbocycles. The van der Waals surface area contributed by atoms with Crippen LogP contribution in [0.1, 0.15) is 45.6 Å². The Balaban J connectivity index is 0.00000384. The van der Waals surface area contributed by atoms with Crippen LogP contribution in [-0.4, -0.2) is 75.8 Å². The molecule has 2 aliphatic heterocycles. The number of nitrogens with zero attached hydrogens (tertiary/aromatic N) is 8. The molecule has 6 heterocycles. The van der Waals surface area contributed by atoms with Gasteiger partial charge in [0, 0.05) is 92.4 Å². The third kappa shape index (κ3) is 6.05. The van der Waals surface area contributed by atoms with E-state index in [-0.39, 0.29) is 29.8 Å². The fourth-order valence-electron chi connectivity index (χ4n) is 6.13. The van der Waals surface area contributed by atoms with Crippen LogP contribution in [0.5, 0.6) is 0 Å². The minimum absolute atomic E-state index is 0. The lowest BCUT2D eigenvalue weighted by Gasteiger charge is -2.41. The van der Waals surface area contributed by atoms with Crippen molar-refractivity contribution in [3.8, 4) is 28.3 Å². The van der Waals surface area contributed by atoms with Crippen LogP contribution in [-0.2, 0) is 4.79 Å². The molecule has 12 heteroatoms. The molecule has 2 N–H and O–H groups in total. The summed E-state index contributed by atoms with van der Waals surface area (Å²) in [6.07, 6.45) is 11.5. The zero-order valence-corrected chi connectivity index (χ0v) is 26.3. The van der Waals surface area contributed by atoms with E-state index in [0.29, 0.717) is 5.56 Å². The average Bonchev–Trinajstić information content (AvgIpc) is 3.48. The summed E-state index contributed by atoms with van der Waals surface area (Å²) in [7, 11) is 0. The van der Waals surface area contributed by atoms with Gasteiger partial charge in [-0.25, -0.2) is 19.5 Å². The first-order valence-electron chi connectivity index (χ1n) is 15.1. The van der Waals surface area contributed by atoms with E-state index in [0.717, 1.165) is 98.1 Å². The highest BCUT2D eigenvalue weighted by molar-refractivity contribution is 5.87. The number of amides is 1. The second-order valence-corrected chi connectivity index (χ2v) is 11.8. The van der Waals surface area contributed by atoms with Crippen molar-refractivity contribution in [3.63, 3.8) is 0 Å². The molecule has 1 amide bonds. The lowest BCUT2D eigenvalue weighted by atomic mass is 9.75. The number of hydrogen-bond donors (Lipinski definition) is 2. The lowest BCUT2D eigenvalue weighted by molar-refractivity contribution is -0.133. The largest absolute Gasteiger partial charge is 0.357 e. The maximum Gasteiger partial charge on any atom is 0.226 e. The topological polar surface area (TPSA) is 127 Å². The average molecular weight is 615 g/mol. The zero-order valence-electron chi connectivity index (χ0n) is 25.5. The molecular formula is C32H39ClN10O. The molecule has 44 heavy (non-hydrogen) atoms. The van der Waals surface area contributed by atoms with Crippen LogP contribution in [0.4, 0.5) is 11.8 Å². The predicted octanol–water partition coefficient (Wildman–Crippen LogP) is 4.08. The number of pyridine rings is 2. The normalized spacial score (nSPS) is 16.4. The Labute approximate surface area is 264 Å². The Hall–Kier alpha value is -4.27. The van der Waals surface area contributed by atoms with Gasteiger partial charge in [-0.05, 0) is 51.3 Å². The SMILES string of the molecule is CCC1(C(=O)NC(C)C)CCN(c2ccc(-c3cc(-c4cnc(N5CCNCC5)nc4)cn4ncc(C#N)c34)cn2)CC1.Cl. The molecule has 2 aliphatic rings. The van der Waals surface area contributed by atoms with Gasteiger partial charge in [0.2, 0.25) is 11.9 Å². The minimum atomic E-state index is -0.324. The van der Waals surface area contributed by atoms with Crippen molar-refractivity contribution in [2.45, 2.75) is 46.1 Å². The molecular weight excluding hydrogens is 576 g/mol. The van der Waals surface area contributed by atoms with Crippen molar-refractivity contribution < 1.29 is 4.79 Å². The summed E-state index contributed by atoms with van der Waals surface area (Å²) in [5.41, 5.74) is 4.44. The second kappa shape index (κ2) is 13.2. The summed E-state index contributed by atoms with van der Waals surface area (Å²) in [4.78, 5) is 31.5. The molecule has 6 rings (SSSR count). The predicted molar refractivity (Wildman–Crippen MR) is 174 cm³/mol. The van der Waals surface area contributed by atoms with Crippen LogP contribution in [0.2, 0.25) is 0 Å². The molecule has 2 fully saturated rings. The number of piperidine rings is 1. The van der Waals surface area contributed by atoms with Crippen LogP contribution >= 0.6 is 12.4 Å². The molecule has 0 spiro atoms. The quantitative estimate of drug-likeness (QED) is 0.316. The fraction of sp³-hybridized carbons (Fsp3) is 0.438. The highest BCUT2D eigenvalue weighted by atomic mass is 35.5.